The Labute approximate surface area is 104 Å². The van der Waals surface area contributed by atoms with Gasteiger partial charge in [-0.3, -0.25) is 0 Å². The summed E-state index contributed by atoms with van der Waals surface area (Å²) in [5.41, 5.74) is 0.544. The lowest BCUT2D eigenvalue weighted by atomic mass is 9.67. The first-order valence-electron chi connectivity index (χ1n) is 7.46. The van der Waals surface area contributed by atoms with Gasteiger partial charge >= 0.3 is 0 Å². The Kier molecular flexibility index (Phi) is 9.07. The van der Waals surface area contributed by atoms with E-state index >= 15 is 0 Å². The zero-order valence-electron chi connectivity index (χ0n) is 12.1. The van der Waals surface area contributed by atoms with Gasteiger partial charge in [-0.25, -0.2) is 0 Å². The van der Waals surface area contributed by atoms with Crippen LogP contribution >= 0.6 is 0 Å². The molecule has 0 spiro atoms. The Bertz CT molecular complexity index is 124. The van der Waals surface area contributed by atoms with Gasteiger partial charge in [0.1, 0.15) is 0 Å². The van der Waals surface area contributed by atoms with Gasteiger partial charge in [0.25, 0.3) is 0 Å². The molecular formula is C16H33. The van der Waals surface area contributed by atoms with Crippen molar-refractivity contribution in [1.29, 1.82) is 0 Å². The van der Waals surface area contributed by atoms with Crippen molar-refractivity contribution in [3.8, 4) is 0 Å². The van der Waals surface area contributed by atoms with Crippen molar-refractivity contribution in [2.45, 2.75) is 85.5 Å². The molecule has 1 radical (unpaired) electrons. The van der Waals surface area contributed by atoms with Gasteiger partial charge in [0.2, 0.25) is 0 Å². The standard InChI is InChI=1S/C16H33/c1-6-9-12-16(15(4)5,13-10-7-2)14-11-8-3/h15H,4,6-14H2,1-3,5H3. The van der Waals surface area contributed by atoms with Crippen LogP contribution in [0.3, 0.4) is 0 Å². The molecule has 0 N–H and O–H groups in total. The van der Waals surface area contributed by atoms with Gasteiger partial charge in [0.15, 0.2) is 0 Å². The average Bonchev–Trinajstić information content (AvgIpc) is 2.28. The first-order chi connectivity index (χ1) is 7.63. The van der Waals surface area contributed by atoms with Crippen LogP contribution in [0, 0.1) is 18.3 Å². The summed E-state index contributed by atoms with van der Waals surface area (Å²) in [6, 6.07) is 0. The maximum atomic E-state index is 4.37. The maximum Gasteiger partial charge on any atom is -0.0272 e. The highest BCUT2D eigenvalue weighted by Crippen LogP contribution is 2.42. The monoisotopic (exact) mass is 225 g/mol. The van der Waals surface area contributed by atoms with Crippen LogP contribution in [0.15, 0.2) is 0 Å². The molecule has 0 aromatic rings. The minimum atomic E-state index is 0.544. The second kappa shape index (κ2) is 9.07. The summed E-state index contributed by atoms with van der Waals surface area (Å²) in [6.45, 7) is 13.6. The zero-order valence-corrected chi connectivity index (χ0v) is 12.1. The van der Waals surface area contributed by atoms with Gasteiger partial charge in [0.05, 0.1) is 0 Å². The fraction of sp³-hybridized carbons (Fsp3) is 0.938. The molecule has 0 aromatic carbocycles. The summed E-state index contributed by atoms with van der Waals surface area (Å²) in [4.78, 5) is 0. The normalized spacial score (nSPS) is 12.4. The highest BCUT2D eigenvalue weighted by atomic mass is 14.4. The van der Waals surface area contributed by atoms with Crippen LogP contribution in [-0.4, -0.2) is 0 Å². The van der Waals surface area contributed by atoms with E-state index in [2.05, 4.69) is 34.6 Å². The molecule has 97 valence electrons. The van der Waals surface area contributed by atoms with Crippen molar-refractivity contribution in [2.24, 2.45) is 11.3 Å². The molecule has 0 aliphatic carbocycles. The van der Waals surface area contributed by atoms with Gasteiger partial charge in [0, 0.05) is 0 Å². The van der Waals surface area contributed by atoms with E-state index in [9.17, 15) is 0 Å². The number of hydrogen-bond acceptors (Lipinski definition) is 0. The lowest BCUT2D eigenvalue weighted by Gasteiger charge is -2.38. The first-order valence-corrected chi connectivity index (χ1v) is 7.46. The van der Waals surface area contributed by atoms with Crippen LogP contribution in [0.5, 0.6) is 0 Å². The topological polar surface area (TPSA) is 0 Å². The highest BCUT2D eigenvalue weighted by molar-refractivity contribution is 4.85. The molecule has 0 rings (SSSR count). The first kappa shape index (κ1) is 16.0. The molecule has 0 saturated carbocycles. The summed E-state index contributed by atoms with van der Waals surface area (Å²) >= 11 is 0. The molecule has 1 unspecified atom stereocenters. The van der Waals surface area contributed by atoms with Gasteiger partial charge in [-0.1, -0.05) is 66.2 Å². The van der Waals surface area contributed by atoms with Crippen molar-refractivity contribution in [2.75, 3.05) is 0 Å². The molecule has 1 atom stereocenters. The molecule has 0 saturated heterocycles. The van der Waals surface area contributed by atoms with E-state index in [1.165, 1.54) is 57.8 Å². The Hall–Kier alpha value is 0. The lowest BCUT2D eigenvalue weighted by molar-refractivity contribution is 0.141. The second-order valence-corrected chi connectivity index (χ2v) is 5.57. The SMILES string of the molecule is [CH2]C(C)C(CCCC)(CCCC)CCCC. The summed E-state index contributed by atoms with van der Waals surface area (Å²) in [6.07, 6.45) is 12.3. The summed E-state index contributed by atoms with van der Waals surface area (Å²) in [5, 5.41) is 0. The van der Waals surface area contributed by atoms with Crippen molar-refractivity contribution in [3.63, 3.8) is 0 Å². The average molecular weight is 225 g/mol. The fourth-order valence-electron chi connectivity index (χ4n) is 2.70. The van der Waals surface area contributed by atoms with E-state index in [1.54, 1.807) is 0 Å². The van der Waals surface area contributed by atoms with E-state index in [1.807, 2.05) is 0 Å². The van der Waals surface area contributed by atoms with Crippen molar-refractivity contribution in [3.05, 3.63) is 6.92 Å². The lowest BCUT2D eigenvalue weighted by Crippen LogP contribution is -2.27. The zero-order chi connectivity index (χ0) is 12.4. The predicted molar refractivity (Wildman–Crippen MR) is 75.5 cm³/mol. The molecule has 0 heteroatoms. The molecule has 0 bridgehead atoms. The maximum absolute atomic E-state index is 4.37. The summed E-state index contributed by atoms with van der Waals surface area (Å²) in [7, 11) is 0. The summed E-state index contributed by atoms with van der Waals surface area (Å²) in [5.74, 6) is 0.608. The van der Waals surface area contributed by atoms with E-state index in [4.69, 9.17) is 0 Å². The summed E-state index contributed by atoms with van der Waals surface area (Å²) < 4.78 is 0. The van der Waals surface area contributed by atoms with Crippen LogP contribution in [-0.2, 0) is 0 Å². The number of rotatable bonds is 10. The van der Waals surface area contributed by atoms with E-state index in [-0.39, 0.29) is 0 Å². The van der Waals surface area contributed by atoms with Crippen LogP contribution in [0.1, 0.15) is 85.5 Å². The van der Waals surface area contributed by atoms with Gasteiger partial charge in [-0.05, 0) is 37.5 Å². The number of hydrogen-bond donors (Lipinski definition) is 0. The fourth-order valence-corrected chi connectivity index (χ4v) is 2.70. The third-order valence-corrected chi connectivity index (χ3v) is 4.13. The van der Waals surface area contributed by atoms with Gasteiger partial charge in [-0.2, -0.15) is 0 Å². The molecule has 0 aliphatic heterocycles. The third kappa shape index (κ3) is 5.37. The van der Waals surface area contributed by atoms with Gasteiger partial charge < -0.3 is 0 Å². The molecule has 0 aromatic heterocycles. The Morgan fingerprint density at radius 1 is 0.812 bits per heavy atom. The quantitative estimate of drug-likeness (QED) is 0.427. The molecule has 0 heterocycles. The van der Waals surface area contributed by atoms with Crippen molar-refractivity contribution >= 4 is 0 Å². The van der Waals surface area contributed by atoms with Crippen molar-refractivity contribution in [1.82, 2.24) is 0 Å². The Morgan fingerprint density at radius 2 is 1.12 bits per heavy atom. The van der Waals surface area contributed by atoms with Crippen LogP contribution in [0.25, 0.3) is 0 Å². The smallest absolute Gasteiger partial charge is 0.0272 e. The van der Waals surface area contributed by atoms with Crippen LogP contribution in [0.4, 0.5) is 0 Å². The van der Waals surface area contributed by atoms with Gasteiger partial charge in [-0.15, -0.1) is 0 Å². The molecule has 0 nitrogen and oxygen atoms in total. The molecule has 0 aliphatic rings. The Balaban J connectivity index is 4.46. The molecule has 0 amide bonds. The van der Waals surface area contributed by atoms with Crippen molar-refractivity contribution < 1.29 is 0 Å². The molecular weight excluding hydrogens is 192 g/mol. The molecule has 0 fully saturated rings. The van der Waals surface area contributed by atoms with E-state index < -0.39 is 0 Å². The Morgan fingerprint density at radius 3 is 1.31 bits per heavy atom. The van der Waals surface area contributed by atoms with E-state index in [0.29, 0.717) is 11.3 Å². The predicted octanol–water partition coefficient (Wildman–Crippen LogP) is 6.01. The van der Waals surface area contributed by atoms with Crippen LogP contribution < -0.4 is 0 Å². The minimum Gasteiger partial charge on any atom is -0.0654 e. The number of unbranched alkanes of at least 4 members (excludes halogenated alkanes) is 3. The third-order valence-electron chi connectivity index (χ3n) is 4.13. The molecule has 16 heavy (non-hydrogen) atoms. The second-order valence-electron chi connectivity index (χ2n) is 5.57. The largest absolute Gasteiger partial charge is 0.0654 e. The van der Waals surface area contributed by atoms with E-state index in [0.717, 1.165) is 0 Å². The highest BCUT2D eigenvalue weighted by Gasteiger charge is 2.31. The van der Waals surface area contributed by atoms with Crippen LogP contribution in [0.2, 0.25) is 0 Å². The minimum absolute atomic E-state index is 0.544.